The molecule has 4 N–H and O–H groups in total. The molecule has 0 aromatic heterocycles. The predicted octanol–water partition coefficient (Wildman–Crippen LogP) is 3.04. The van der Waals surface area contributed by atoms with Crippen LogP contribution in [0.4, 0.5) is 21.0 Å². The number of hydrogen-bond donors (Lipinski definition) is 3. The van der Waals surface area contributed by atoms with E-state index in [9.17, 15) is 9.59 Å². The number of anilines is 2. The standard InChI is InChI=1S/C18H28N4O3/c1-18(2,3)25-17(24)20-12-13-7-9-22(10-8-13)16(23)21-15-6-4-5-14(19)11-15/h4-6,11,13H,7-10,12,19H2,1-3H3,(H,20,24)(H,21,23). The molecule has 138 valence electrons. The minimum atomic E-state index is -0.494. The molecular formula is C18H28N4O3. The lowest BCUT2D eigenvalue weighted by atomic mass is 9.97. The van der Waals surface area contributed by atoms with Gasteiger partial charge in [0.2, 0.25) is 0 Å². The van der Waals surface area contributed by atoms with Gasteiger partial charge in [0, 0.05) is 31.0 Å². The largest absolute Gasteiger partial charge is 0.444 e. The zero-order chi connectivity index (χ0) is 18.4. The quantitative estimate of drug-likeness (QED) is 0.732. The van der Waals surface area contributed by atoms with E-state index in [1.54, 1.807) is 23.1 Å². The Bertz CT molecular complexity index is 605. The predicted molar refractivity (Wildman–Crippen MR) is 98.4 cm³/mol. The molecule has 3 amide bonds. The van der Waals surface area contributed by atoms with Crippen molar-refractivity contribution in [2.75, 3.05) is 30.7 Å². The first-order valence-electron chi connectivity index (χ1n) is 8.61. The van der Waals surface area contributed by atoms with E-state index in [0.29, 0.717) is 36.9 Å². The third-order valence-corrected chi connectivity index (χ3v) is 3.97. The lowest BCUT2D eigenvalue weighted by molar-refractivity contribution is 0.0512. The molecule has 0 spiro atoms. The SMILES string of the molecule is CC(C)(C)OC(=O)NCC1CCN(C(=O)Nc2cccc(N)c2)CC1. The highest BCUT2D eigenvalue weighted by Crippen LogP contribution is 2.19. The van der Waals surface area contributed by atoms with E-state index in [4.69, 9.17) is 10.5 Å². The van der Waals surface area contributed by atoms with Crippen LogP contribution >= 0.6 is 0 Å². The average molecular weight is 348 g/mol. The second-order valence-electron chi connectivity index (χ2n) is 7.37. The Morgan fingerprint density at radius 2 is 1.96 bits per heavy atom. The molecule has 1 heterocycles. The summed E-state index contributed by atoms with van der Waals surface area (Å²) in [5.41, 5.74) is 6.53. The maximum atomic E-state index is 12.3. The summed E-state index contributed by atoms with van der Waals surface area (Å²) in [6, 6.07) is 7.00. The van der Waals surface area contributed by atoms with E-state index in [-0.39, 0.29) is 6.03 Å². The molecule has 7 heteroatoms. The van der Waals surface area contributed by atoms with Crippen molar-refractivity contribution in [1.82, 2.24) is 10.2 Å². The Labute approximate surface area is 148 Å². The molecule has 7 nitrogen and oxygen atoms in total. The number of rotatable bonds is 3. The molecule has 1 aliphatic rings. The van der Waals surface area contributed by atoms with Crippen LogP contribution in [0.5, 0.6) is 0 Å². The van der Waals surface area contributed by atoms with Gasteiger partial charge in [-0.3, -0.25) is 0 Å². The summed E-state index contributed by atoms with van der Waals surface area (Å²) in [7, 11) is 0. The van der Waals surface area contributed by atoms with Crippen molar-refractivity contribution in [3.05, 3.63) is 24.3 Å². The highest BCUT2D eigenvalue weighted by Gasteiger charge is 2.24. The number of urea groups is 1. The number of piperidine rings is 1. The molecule has 0 radical (unpaired) electrons. The van der Waals surface area contributed by atoms with Crippen LogP contribution in [0.2, 0.25) is 0 Å². The number of alkyl carbamates (subject to hydrolysis) is 1. The number of nitrogens with zero attached hydrogens (tertiary/aromatic N) is 1. The zero-order valence-corrected chi connectivity index (χ0v) is 15.2. The average Bonchev–Trinajstić information content (AvgIpc) is 2.52. The lowest BCUT2D eigenvalue weighted by Gasteiger charge is -2.32. The normalized spacial score (nSPS) is 15.6. The van der Waals surface area contributed by atoms with Gasteiger partial charge in [-0.15, -0.1) is 0 Å². The number of benzene rings is 1. The van der Waals surface area contributed by atoms with Crippen LogP contribution in [0.15, 0.2) is 24.3 Å². The first-order valence-corrected chi connectivity index (χ1v) is 8.61. The monoisotopic (exact) mass is 348 g/mol. The summed E-state index contributed by atoms with van der Waals surface area (Å²) in [5, 5.41) is 5.67. The Kier molecular flexibility index (Phi) is 6.12. The van der Waals surface area contributed by atoms with Crippen LogP contribution in [0.1, 0.15) is 33.6 Å². The first-order chi connectivity index (χ1) is 11.7. The van der Waals surface area contributed by atoms with Crippen molar-refractivity contribution >= 4 is 23.5 Å². The fraction of sp³-hybridized carbons (Fsp3) is 0.556. The molecule has 1 aromatic carbocycles. The van der Waals surface area contributed by atoms with Gasteiger partial charge in [-0.2, -0.15) is 0 Å². The van der Waals surface area contributed by atoms with Gasteiger partial charge in [-0.1, -0.05) is 6.07 Å². The molecule has 1 fully saturated rings. The summed E-state index contributed by atoms with van der Waals surface area (Å²) in [6.45, 7) is 7.40. The van der Waals surface area contributed by atoms with Gasteiger partial charge in [-0.25, -0.2) is 9.59 Å². The van der Waals surface area contributed by atoms with Gasteiger partial charge < -0.3 is 26.0 Å². The van der Waals surface area contributed by atoms with Gasteiger partial charge in [0.05, 0.1) is 0 Å². The first kappa shape index (κ1) is 18.9. The third kappa shape index (κ3) is 6.52. The molecule has 1 saturated heterocycles. The van der Waals surface area contributed by atoms with Crippen LogP contribution in [-0.2, 0) is 4.74 Å². The Morgan fingerprint density at radius 3 is 2.56 bits per heavy atom. The van der Waals surface area contributed by atoms with Crippen LogP contribution < -0.4 is 16.4 Å². The fourth-order valence-corrected chi connectivity index (χ4v) is 2.70. The van der Waals surface area contributed by atoms with E-state index in [0.717, 1.165) is 12.8 Å². The van der Waals surface area contributed by atoms with Crippen LogP contribution in [-0.4, -0.2) is 42.3 Å². The summed E-state index contributed by atoms with van der Waals surface area (Å²) < 4.78 is 5.23. The van der Waals surface area contributed by atoms with Crippen molar-refractivity contribution in [3.8, 4) is 0 Å². The second-order valence-corrected chi connectivity index (χ2v) is 7.37. The zero-order valence-electron chi connectivity index (χ0n) is 15.2. The number of nitrogen functional groups attached to an aromatic ring is 1. The molecule has 25 heavy (non-hydrogen) atoms. The van der Waals surface area contributed by atoms with Crippen molar-refractivity contribution < 1.29 is 14.3 Å². The van der Waals surface area contributed by atoms with Gasteiger partial charge in [0.25, 0.3) is 0 Å². The molecule has 0 saturated carbocycles. The van der Waals surface area contributed by atoms with Crippen molar-refractivity contribution in [2.45, 2.75) is 39.2 Å². The van der Waals surface area contributed by atoms with E-state index in [2.05, 4.69) is 10.6 Å². The van der Waals surface area contributed by atoms with E-state index in [1.165, 1.54) is 0 Å². The fourth-order valence-electron chi connectivity index (χ4n) is 2.70. The maximum absolute atomic E-state index is 12.3. The van der Waals surface area contributed by atoms with Gasteiger partial charge in [0.1, 0.15) is 5.60 Å². The molecule has 0 atom stereocenters. The third-order valence-electron chi connectivity index (χ3n) is 3.97. The summed E-state index contributed by atoms with van der Waals surface area (Å²) >= 11 is 0. The highest BCUT2D eigenvalue weighted by atomic mass is 16.6. The number of amides is 3. The molecule has 1 aliphatic heterocycles. The van der Waals surface area contributed by atoms with Crippen molar-refractivity contribution in [1.29, 1.82) is 0 Å². The Hall–Kier alpha value is -2.44. The number of nitrogens with one attached hydrogen (secondary N) is 2. The molecule has 0 aliphatic carbocycles. The summed E-state index contributed by atoms with van der Waals surface area (Å²) in [5.74, 6) is 0.351. The van der Waals surface area contributed by atoms with Crippen LogP contribution in [0, 0.1) is 5.92 Å². The number of hydrogen-bond acceptors (Lipinski definition) is 4. The Morgan fingerprint density at radius 1 is 1.28 bits per heavy atom. The minimum Gasteiger partial charge on any atom is -0.444 e. The van der Waals surface area contributed by atoms with E-state index in [1.807, 2.05) is 26.8 Å². The second kappa shape index (κ2) is 8.09. The topological polar surface area (TPSA) is 96.7 Å². The molecule has 0 unspecified atom stereocenters. The molecule has 1 aromatic rings. The van der Waals surface area contributed by atoms with Gasteiger partial charge in [-0.05, 0) is 57.7 Å². The highest BCUT2D eigenvalue weighted by molar-refractivity contribution is 5.89. The summed E-state index contributed by atoms with van der Waals surface area (Å²) in [6.07, 6.45) is 1.30. The van der Waals surface area contributed by atoms with E-state index < -0.39 is 11.7 Å². The number of ether oxygens (including phenoxy) is 1. The molecular weight excluding hydrogens is 320 g/mol. The maximum Gasteiger partial charge on any atom is 0.407 e. The number of nitrogens with two attached hydrogens (primary N) is 1. The van der Waals surface area contributed by atoms with E-state index >= 15 is 0 Å². The minimum absolute atomic E-state index is 0.121. The molecule has 2 rings (SSSR count). The lowest BCUT2D eigenvalue weighted by Crippen LogP contribution is -2.43. The van der Waals surface area contributed by atoms with Gasteiger partial charge >= 0.3 is 12.1 Å². The van der Waals surface area contributed by atoms with Crippen LogP contribution in [0.3, 0.4) is 0 Å². The van der Waals surface area contributed by atoms with Crippen molar-refractivity contribution in [2.24, 2.45) is 5.92 Å². The molecule has 0 bridgehead atoms. The summed E-state index contributed by atoms with van der Waals surface area (Å²) in [4.78, 5) is 25.8. The smallest absolute Gasteiger partial charge is 0.407 e. The number of carbonyl (C=O) groups excluding carboxylic acids is 2. The number of likely N-dealkylation sites (tertiary alicyclic amines) is 1. The van der Waals surface area contributed by atoms with Crippen molar-refractivity contribution in [3.63, 3.8) is 0 Å². The number of carbonyl (C=O) groups is 2. The van der Waals surface area contributed by atoms with Crippen LogP contribution in [0.25, 0.3) is 0 Å². The Balaban J connectivity index is 1.72. The van der Waals surface area contributed by atoms with Gasteiger partial charge in [0.15, 0.2) is 0 Å².